The molecule has 2 nitrogen and oxygen atoms in total. The van der Waals surface area contributed by atoms with E-state index in [1.807, 2.05) is 19.9 Å². The summed E-state index contributed by atoms with van der Waals surface area (Å²) in [6, 6.07) is 0. The SMILES string of the molecule is C#CCC(CC=C=C(C)C)(COC)COC. The van der Waals surface area contributed by atoms with Crippen LogP contribution in [0.1, 0.15) is 26.7 Å². The highest BCUT2D eigenvalue weighted by Crippen LogP contribution is 2.27. The average Bonchev–Trinajstić information content (AvgIpc) is 2.18. The van der Waals surface area contributed by atoms with Crippen LogP contribution in [-0.4, -0.2) is 27.4 Å². The predicted molar refractivity (Wildman–Crippen MR) is 67.2 cm³/mol. The molecule has 0 fully saturated rings. The van der Waals surface area contributed by atoms with Crippen LogP contribution in [-0.2, 0) is 9.47 Å². The van der Waals surface area contributed by atoms with E-state index in [1.165, 1.54) is 0 Å². The van der Waals surface area contributed by atoms with Crippen molar-refractivity contribution in [1.82, 2.24) is 0 Å². The Morgan fingerprint density at radius 2 is 1.81 bits per heavy atom. The maximum atomic E-state index is 5.41. The first-order valence-electron chi connectivity index (χ1n) is 5.40. The monoisotopic (exact) mass is 222 g/mol. The molecule has 0 aromatic rings. The minimum Gasteiger partial charge on any atom is -0.384 e. The molecule has 0 rings (SSSR count). The highest BCUT2D eigenvalue weighted by Gasteiger charge is 2.28. The third kappa shape index (κ3) is 5.78. The number of methoxy groups -OCH3 is 2. The van der Waals surface area contributed by atoms with E-state index in [2.05, 4.69) is 11.7 Å². The first kappa shape index (κ1) is 15.0. The summed E-state index contributed by atoms with van der Waals surface area (Å²) < 4.78 is 10.5. The van der Waals surface area contributed by atoms with E-state index < -0.39 is 0 Å². The third-order valence-electron chi connectivity index (χ3n) is 2.30. The van der Waals surface area contributed by atoms with Crippen molar-refractivity contribution in [1.29, 1.82) is 0 Å². The van der Waals surface area contributed by atoms with Crippen LogP contribution < -0.4 is 0 Å². The molecule has 0 unspecified atom stereocenters. The Labute approximate surface area is 99.3 Å². The number of hydrogen-bond donors (Lipinski definition) is 0. The van der Waals surface area contributed by atoms with E-state index >= 15 is 0 Å². The predicted octanol–water partition coefficient (Wildman–Crippen LogP) is 2.80. The molecule has 90 valence electrons. The molecule has 0 heterocycles. The minimum atomic E-state index is -0.124. The molecule has 2 heteroatoms. The normalized spacial score (nSPS) is 10.4. The number of allylic oxidation sites excluding steroid dienone is 1. The summed E-state index contributed by atoms with van der Waals surface area (Å²) in [7, 11) is 3.37. The smallest absolute Gasteiger partial charge is 0.0553 e. The van der Waals surface area contributed by atoms with Crippen molar-refractivity contribution in [3.8, 4) is 12.3 Å². The van der Waals surface area contributed by atoms with Crippen LogP contribution in [0.4, 0.5) is 0 Å². The second-order valence-corrected chi connectivity index (χ2v) is 4.30. The van der Waals surface area contributed by atoms with E-state index in [-0.39, 0.29) is 5.41 Å². The van der Waals surface area contributed by atoms with E-state index in [9.17, 15) is 0 Å². The van der Waals surface area contributed by atoms with Crippen LogP contribution in [0.3, 0.4) is 0 Å². The fourth-order valence-corrected chi connectivity index (χ4v) is 1.63. The van der Waals surface area contributed by atoms with Gasteiger partial charge in [0.2, 0.25) is 0 Å². The Bertz CT molecular complexity index is 280. The van der Waals surface area contributed by atoms with Crippen LogP contribution in [0, 0.1) is 17.8 Å². The molecule has 0 bridgehead atoms. The van der Waals surface area contributed by atoms with Crippen molar-refractivity contribution in [2.75, 3.05) is 27.4 Å². The summed E-state index contributed by atoms with van der Waals surface area (Å²) in [6.07, 6.45) is 8.90. The summed E-state index contributed by atoms with van der Waals surface area (Å²) in [5, 5.41) is 0. The van der Waals surface area contributed by atoms with Gasteiger partial charge < -0.3 is 9.47 Å². The molecule has 0 aromatic heterocycles. The molecule has 0 atom stereocenters. The van der Waals surface area contributed by atoms with Gasteiger partial charge in [-0.1, -0.05) is 0 Å². The molecule has 16 heavy (non-hydrogen) atoms. The molecular formula is C14H22O2. The van der Waals surface area contributed by atoms with Gasteiger partial charge in [0.15, 0.2) is 0 Å². The largest absolute Gasteiger partial charge is 0.384 e. The van der Waals surface area contributed by atoms with Gasteiger partial charge in [-0.3, -0.25) is 0 Å². The lowest BCUT2D eigenvalue weighted by atomic mass is 9.83. The molecule has 0 spiro atoms. The zero-order valence-electron chi connectivity index (χ0n) is 10.8. The first-order chi connectivity index (χ1) is 7.60. The van der Waals surface area contributed by atoms with E-state index in [0.717, 1.165) is 12.0 Å². The number of ether oxygens (including phenoxy) is 2. The van der Waals surface area contributed by atoms with Gasteiger partial charge >= 0.3 is 0 Å². The first-order valence-corrected chi connectivity index (χ1v) is 5.40. The summed E-state index contributed by atoms with van der Waals surface area (Å²) in [4.78, 5) is 0. The van der Waals surface area contributed by atoms with Gasteiger partial charge in [0.05, 0.1) is 13.2 Å². The summed E-state index contributed by atoms with van der Waals surface area (Å²) in [5.74, 6) is 2.70. The molecule has 0 radical (unpaired) electrons. The van der Waals surface area contributed by atoms with Crippen LogP contribution in [0.5, 0.6) is 0 Å². The molecule has 0 aromatic carbocycles. The van der Waals surface area contributed by atoms with Gasteiger partial charge in [-0.15, -0.1) is 18.1 Å². The van der Waals surface area contributed by atoms with Crippen LogP contribution in [0.15, 0.2) is 17.4 Å². The minimum absolute atomic E-state index is 0.124. The number of hydrogen-bond acceptors (Lipinski definition) is 2. The topological polar surface area (TPSA) is 18.5 Å². The Morgan fingerprint density at radius 1 is 1.25 bits per heavy atom. The summed E-state index contributed by atoms with van der Waals surface area (Å²) in [6.45, 7) is 5.25. The van der Waals surface area contributed by atoms with Gasteiger partial charge in [-0.2, -0.15) is 0 Å². The van der Waals surface area contributed by atoms with Gasteiger partial charge in [-0.25, -0.2) is 0 Å². The maximum Gasteiger partial charge on any atom is 0.0553 e. The Hall–Kier alpha value is -1.00. The molecule has 0 N–H and O–H groups in total. The fourth-order valence-electron chi connectivity index (χ4n) is 1.63. The average molecular weight is 222 g/mol. The third-order valence-corrected chi connectivity index (χ3v) is 2.30. The van der Waals surface area contributed by atoms with Crippen molar-refractivity contribution in [3.63, 3.8) is 0 Å². The lowest BCUT2D eigenvalue weighted by Crippen LogP contribution is -2.30. The van der Waals surface area contributed by atoms with Crippen LogP contribution in [0.25, 0.3) is 0 Å². The molecule has 0 amide bonds. The van der Waals surface area contributed by atoms with Gasteiger partial charge in [0.25, 0.3) is 0 Å². The van der Waals surface area contributed by atoms with E-state index in [1.54, 1.807) is 14.2 Å². The Kier molecular flexibility index (Phi) is 7.68. The lowest BCUT2D eigenvalue weighted by molar-refractivity contribution is 0.0150. The van der Waals surface area contributed by atoms with Gasteiger partial charge in [0.1, 0.15) is 0 Å². The highest BCUT2D eigenvalue weighted by molar-refractivity contribution is 5.01. The van der Waals surface area contributed by atoms with Crippen LogP contribution in [0.2, 0.25) is 0 Å². The summed E-state index contributed by atoms with van der Waals surface area (Å²) in [5.41, 5.74) is 4.22. The van der Waals surface area contributed by atoms with E-state index in [4.69, 9.17) is 15.9 Å². The Morgan fingerprint density at radius 3 is 2.19 bits per heavy atom. The van der Waals surface area contributed by atoms with Crippen molar-refractivity contribution in [2.45, 2.75) is 26.7 Å². The van der Waals surface area contributed by atoms with Crippen molar-refractivity contribution in [3.05, 3.63) is 17.4 Å². The zero-order valence-corrected chi connectivity index (χ0v) is 10.8. The van der Waals surface area contributed by atoms with Crippen molar-refractivity contribution >= 4 is 0 Å². The second kappa shape index (κ2) is 8.19. The Balaban J connectivity index is 4.74. The molecular weight excluding hydrogens is 200 g/mol. The number of terminal acetylenes is 1. The zero-order chi connectivity index (χ0) is 12.4. The maximum absolute atomic E-state index is 5.41. The van der Waals surface area contributed by atoms with Gasteiger partial charge in [-0.05, 0) is 31.9 Å². The van der Waals surface area contributed by atoms with Gasteiger partial charge in [0, 0.05) is 26.1 Å². The standard InChI is InChI=1S/C14H22O2/c1-6-9-14(11-15-4,12-16-5)10-7-8-13(2)3/h1,7H,9-12H2,2-5H3. The molecule has 0 aliphatic rings. The van der Waals surface area contributed by atoms with Crippen molar-refractivity contribution < 1.29 is 9.47 Å². The fraction of sp³-hybridized carbons (Fsp3) is 0.643. The quantitative estimate of drug-likeness (QED) is 0.487. The lowest BCUT2D eigenvalue weighted by Gasteiger charge is -2.29. The molecule has 0 aliphatic heterocycles. The summed E-state index contributed by atoms with van der Waals surface area (Å²) >= 11 is 0. The number of rotatable bonds is 7. The molecule has 0 saturated carbocycles. The van der Waals surface area contributed by atoms with Crippen molar-refractivity contribution in [2.24, 2.45) is 5.41 Å². The van der Waals surface area contributed by atoms with Crippen LogP contribution >= 0.6 is 0 Å². The highest BCUT2D eigenvalue weighted by atomic mass is 16.5. The van der Waals surface area contributed by atoms with E-state index in [0.29, 0.717) is 19.6 Å². The molecule has 0 saturated heterocycles. The molecule has 0 aliphatic carbocycles. The second-order valence-electron chi connectivity index (χ2n) is 4.30.